The van der Waals surface area contributed by atoms with Crippen LogP contribution in [-0.4, -0.2) is 6.71 Å². The normalized spacial score (nSPS) is 13.9. The summed E-state index contributed by atoms with van der Waals surface area (Å²) in [5.74, 6) is 3.50. The second kappa shape index (κ2) is 10.2. The molecule has 6 aromatic rings. The van der Waals surface area contributed by atoms with E-state index in [4.69, 9.17) is 9.47 Å². The summed E-state index contributed by atoms with van der Waals surface area (Å²) >= 11 is 0. The van der Waals surface area contributed by atoms with E-state index >= 15 is 0 Å². The SMILES string of the molecule is c1ccc(-c2ccc3c(c2N(c2ccccc2)c2cc4c5c(c2)Oc2ccccc2B5c2ccccc2O4)CCCC3)cc1. The van der Waals surface area contributed by atoms with Crippen LogP contribution in [0.15, 0.2) is 133 Å². The third-order valence-electron chi connectivity index (χ3n) is 9.36. The van der Waals surface area contributed by atoms with Gasteiger partial charge in [0.1, 0.15) is 23.0 Å². The first-order chi connectivity index (χ1) is 21.8. The lowest BCUT2D eigenvalue weighted by atomic mass is 9.35. The number of hydrogen-bond acceptors (Lipinski definition) is 3. The maximum Gasteiger partial charge on any atom is 0.260 e. The van der Waals surface area contributed by atoms with Crippen LogP contribution < -0.4 is 30.8 Å². The highest BCUT2D eigenvalue weighted by Crippen LogP contribution is 2.48. The van der Waals surface area contributed by atoms with Gasteiger partial charge in [-0.2, -0.15) is 0 Å². The van der Waals surface area contributed by atoms with Gasteiger partial charge in [-0.05, 0) is 77.6 Å². The molecule has 0 unspecified atom stereocenters. The van der Waals surface area contributed by atoms with Gasteiger partial charge in [0.2, 0.25) is 0 Å². The molecule has 4 heteroatoms. The van der Waals surface area contributed by atoms with E-state index in [1.165, 1.54) is 51.7 Å². The predicted octanol–water partition coefficient (Wildman–Crippen LogP) is 8.43. The molecule has 0 spiro atoms. The third-order valence-corrected chi connectivity index (χ3v) is 9.36. The number of anilines is 3. The lowest BCUT2D eigenvalue weighted by Gasteiger charge is -2.36. The molecule has 0 atom stereocenters. The predicted molar refractivity (Wildman–Crippen MR) is 181 cm³/mol. The second-order valence-electron chi connectivity index (χ2n) is 11.9. The first kappa shape index (κ1) is 25.3. The monoisotopic (exact) mass is 567 g/mol. The Bertz CT molecular complexity index is 1970. The minimum Gasteiger partial charge on any atom is -0.458 e. The molecule has 0 amide bonds. The molecule has 2 heterocycles. The summed E-state index contributed by atoms with van der Waals surface area (Å²) in [6.07, 6.45) is 4.59. The zero-order valence-electron chi connectivity index (χ0n) is 24.4. The summed E-state index contributed by atoms with van der Waals surface area (Å²) in [6.45, 7) is 0.0542. The zero-order valence-corrected chi connectivity index (χ0v) is 24.4. The minimum absolute atomic E-state index is 0.0542. The number of hydrogen-bond donors (Lipinski definition) is 0. The van der Waals surface area contributed by atoms with Crippen LogP contribution in [0.4, 0.5) is 17.1 Å². The van der Waals surface area contributed by atoms with Crippen LogP contribution in [0.3, 0.4) is 0 Å². The summed E-state index contributed by atoms with van der Waals surface area (Å²) in [5.41, 5.74) is 12.2. The third kappa shape index (κ3) is 3.98. The van der Waals surface area contributed by atoms with E-state index in [0.29, 0.717) is 0 Å². The lowest BCUT2D eigenvalue weighted by molar-refractivity contribution is 0.465. The van der Waals surface area contributed by atoms with Crippen molar-refractivity contribution in [2.75, 3.05) is 4.90 Å². The fraction of sp³-hybridized carbons (Fsp3) is 0.100. The van der Waals surface area contributed by atoms with Crippen LogP contribution in [-0.2, 0) is 12.8 Å². The average Bonchev–Trinajstić information content (AvgIpc) is 3.09. The van der Waals surface area contributed by atoms with Crippen LogP contribution in [0, 0.1) is 0 Å². The molecule has 6 aromatic carbocycles. The molecule has 44 heavy (non-hydrogen) atoms. The van der Waals surface area contributed by atoms with Crippen molar-refractivity contribution in [3.8, 4) is 34.1 Å². The number of aryl methyl sites for hydroxylation is 1. The van der Waals surface area contributed by atoms with Gasteiger partial charge < -0.3 is 14.4 Å². The molecule has 0 bridgehead atoms. The second-order valence-corrected chi connectivity index (χ2v) is 11.9. The molecule has 3 nitrogen and oxygen atoms in total. The highest BCUT2D eigenvalue weighted by Gasteiger charge is 2.40. The fourth-order valence-electron chi connectivity index (χ4n) is 7.41. The quantitative estimate of drug-likeness (QED) is 0.199. The van der Waals surface area contributed by atoms with E-state index in [1.54, 1.807) is 0 Å². The zero-order chi connectivity index (χ0) is 29.0. The topological polar surface area (TPSA) is 21.7 Å². The van der Waals surface area contributed by atoms with E-state index in [2.05, 4.69) is 138 Å². The van der Waals surface area contributed by atoms with Crippen LogP contribution in [0.5, 0.6) is 23.0 Å². The number of benzene rings is 6. The van der Waals surface area contributed by atoms with Crippen molar-refractivity contribution in [1.29, 1.82) is 0 Å². The van der Waals surface area contributed by atoms with Crippen molar-refractivity contribution in [3.63, 3.8) is 0 Å². The van der Waals surface area contributed by atoms with Crippen LogP contribution in [0.1, 0.15) is 24.0 Å². The molecular weight excluding hydrogens is 537 g/mol. The summed E-state index contributed by atoms with van der Waals surface area (Å²) in [4.78, 5) is 2.44. The standard InChI is InChI=1S/C40H30BNO2/c1-3-13-27(14-4-1)32-24-23-28-15-7-8-18-31(28)40(32)42(29-16-5-2-6-17-29)30-25-37-39-38(26-30)44-36-22-12-10-20-34(36)41(39)33-19-9-11-21-35(33)43-37/h1-6,9-14,16-17,19-26H,7-8,15,18H2. The van der Waals surface area contributed by atoms with Gasteiger partial charge in [-0.1, -0.05) is 97.1 Å². The van der Waals surface area contributed by atoms with Crippen molar-refractivity contribution in [2.45, 2.75) is 25.7 Å². The number of para-hydroxylation sites is 3. The fourth-order valence-corrected chi connectivity index (χ4v) is 7.41. The largest absolute Gasteiger partial charge is 0.458 e. The van der Waals surface area contributed by atoms with Gasteiger partial charge in [0.05, 0.1) is 11.4 Å². The van der Waals surface area contributed by atoms with Crippen LogP contribution in [0.2, 0.25) is 0 Å². The maximum absolute atomic E-state index is 6.72. The van der Waals surface area contributed by atoms with E-state index in [1.807, 2.05) is 0 Å². The summed E-state index contributed by atoms with van der Waals surface area (Å²) in [7, 11) is 0. The highest BCUT2D eigenvalue weighted by molar-refractivity contribution is 6.98. The molecule has 0 N–H and O–H groups in total. The van der Waals surface area contributed by atoms with Crippen molar-refractivity contribution in [1.82, 2.24) is 0 Å². The molecule has 0 radical (unpaired) electrons. The first-order valence-corrected chi connectivity index (χ1v) is 15.6. The molecule has 0 aromatic heterocycles. The smallest absolute Gasteiger partial charge is 0.260 e. The van der Waals surface area contributed by atoms with Crippen LogP contribution in [0.25, 0.3) is 11.1 Å². The number of rotatable bonds is 4. The molecule has 1 aliphatic carbocycles. The van der Waals surface area contributed by atoms with E-state index < -0.39 is 0 Å². The van der Waals surface area contributed by atoms with Crippen molar-refractivity contribution in [2.24, 2.45) is 0 Å². The van der Waals surface area contributed by atoms with Gasteiger partial charge in [-0.15, -0.1) is 0 Å². The molecule has 210 valence electrons. The Morgan fingerprint density at radius 1 is 0.523 bits per heavy atom. The van der Waals surface area contributed by atoms with E-state index in [9.17, 15) is 0 Å². The Balaban J connectivity index is 1.32. The Labute approximate surface area is 258 Å². The summed E-state index contributed by atoms with van der Waals surface area (Å²) in [6, 6.07) is 47.5. The Kier molecular flexibility index (Phi) is 5.87. The summed E-state index contributed by atoms with van der Waals surface area (Å²) in [5, 5.41) is 0. The molecule has 9 rings (SSSR count). The lowest BCUT2D eigenvalue weighted by Crippen LogP contribution is -2.57. The highest BCUT2D eigenvalue weighted by atomic mass is 16.5. The van der Waals surface area contributed by atoms with Crippen molar-refractivity contribution < 1.29 is 9.47 Å². The molecule has 0 fully saturated rings. The van der Waals surface area contributed by atoms with E-state index in [0.717, 1.165) is 52.7 Å². The Hall–Kier alpha value is -5.22. The Morgan fingerprint density at radius 2 is 1.11 bits per heavy atom. The van der Waals surface area contributed by atoms with E-state index in [-0.39, 0.29) is 6.71 Å². The van der Waals surface area contributed by atoms with Crippen LogP contribution >= 0.6 is 0 Å². The van der Waals surface area contributed by atoms with Crippen molar-refractivity contribution in [3.05, 3.63) is 145 Å². The molecule has 2 aliphatic heterocycles. The van der Waals surface area contributed by atoms with Gasteiger partial charge in [0, 0.05) is 28.8 Å². The van der Waals surface area contributed by atoms with Gasteiger partial charge in [-0.3, -0.25) is 0 Å². The van der Waals surface area contributed by atoms with Gasteiger partial charge in [0.25, 0.3) is 6.71 Å². The number of nitrogens with zero attached hydrogens (tertiary/aromatic N) is 1. The Morgan fingerprint density at radius 3 is 1.80 bits per heavy atom. The molecular formula is C40H30BNO2. The summed E-state index contributed by atoms with van der Waals surface area (Å²) < 4.78 is 13.4. The first-order valence-electron chi connectivity index (χ1n) is 15.6. The van der Waals surface area contributed by atoms with Gasteiger partial charge in [0.15, 0.2) is 0 Å². The maximum atomic E-state index is 6.72. The molecule has 0 saturated carbocycles. The number of ether oxygens (including phenoxy) is 2. The molecule has 0 saturated heterocycles. The minimum atomic E-state index is 0.0542. The van der Waals surface area contributed by atoms with Gasteiger partial charge in [-0.25, -0.2) is 0 Å². The van der Waals surface area contributed by atoms with Crippen molar-refractivity contribution >= 4 is 40.2 Å². The number of fused-ring (bicyclic) bond motifs is 5. The van der Waals surface area contributed by atoms with Gasteiger partial charge >= 0.3 is 0 Å². The molecule has 3 aliphatic rings. The average molecular weight is 567 g/mol.